The Labute approximate surface area is 101 Å². The van der Waals surface area contributed by atoms with Gasteiger partial charge in [0.25, 0.3) is 0 Å². The van der Waals surface area contributed by atoms with Crippen molar-refractivity contribution in [3.8, 4) is 6.07 Å². The molecule has 1 aliphatic rings. The topological polar surface area (TPSA) is 47.9 Å². The van der Waals surface area contributed by atoms with Gasteiger partial charge in [-0.3, -0.25) is 0 Å². The maximum atomic E-state index is 13.1. The van der Waals surface area contributed by atoms with Gasteiger partial charge in [-0.1, -0.05) is 0 Å². The molecule has 1 aliphatic carbocycles. The summed E-state index contributed by atoms with van der Waals surface area (Å²) in [6.07, 6.45) is 3.58. The third kappa shape index (κ3) is 4.04. The highest BCUT2D eigenvalue weighted by Crippen LogP contribution is 2.18. The zero-order valence-corrected chi connectivity index (χ0v) is 9.67. The van der Waals surface area contributed by atoms with Crippen molar-refractivity contribution in [2.45, 2.75) is 25.3 Å². The van der Waals surface area contributed by atoms with Crippen molar-refractivity contribution in [2.75, 3.05) is 18.4 Å². The molecule has 0 amide bonds. The first-order chi connectivity index (χ1) is 8.28. The average Bonchev–Trinajstić information content (AvgIpc) is 3.12. The summed E-state index contributed by atoms with van der Waals surface area (Å²) in [6.45, 7) is 1.77. The van der Waals surface area contributed by atoms with Crippen LogP contribution in [0.3, 0.4) is 0 Å². The normalized spacial score (nSPS) is 14.4. The minimum absolute atomic E-state index is 0.351. The van der Waals surface area contributed by atoms with Gasteiger partial charge in [0, 0.05) is 18.3 Å². The quantitative estimate of drug-likeness (QED) is 0.741. The van der Waals surface area contributed by atoms with Gasteiger partial charge in [-0.05, 0) is 44.0 Å². The fraction of sp³-hybridized carbons (Fsp3) is 0.462. The Morgan fingerprint density at radius 3 is 2.82 bits per heavy atom. The fourth-order valence-corrected chi connectivity index (χ4v) is 1.67. The van der Waals surface area contributed by atoms with E-state index in [0.717, 1.165) is 25.6 Å². The predicted octanol–water partition coefficient (Wildman–Crippen LogP) is 2.25. The molecule has 0 unspecified atom stereocenters. The van der Waals surface area contributed by atoms with E-state index in [1.54, 1.807) is 6.07 Å². The molecule has 4 heteroatoms. The number of nitrogens with zero attached hydrogens (tertiary/aromatic N) is 1. The zero-order valence-electron chi connectivity index (χ0n) is 9.67. The van der Waals surface area contributed by atoms with Crippen molar-refractivity contribution in [2.24, 2.45) is 0 Å². The van der Waals surface area contributed by atoms with E-state index >= 15 is 0 Å². The van der Waals surface area contributed by atoms with Crippen molar-refractivity contribution >= 4 is 5.69 Å². The van der Waals surface area contributed by atoms with Crippen molar-refractivity contribution in [3.63, 3.8) is 0 Å². The van der Waals surface area contributed by atoms with E-state index in [0.29, 0.717) is 11.3 Å². The third-order valence-electron chi connectivity index (χ3n) is 2.72. The molecule has 2 N–H and O–H groups in total. The lowest BCUT2D eigenvalue weighted by Crippen LogP contribution is -2.19. The number of anilines is 1. The smallest absolute Gasteiger partial charge is 0.126 e. The standard InChI is InChI=1S/C13H16FN3/c14-11-6-10(9-15)7-13(8-11)17-5-1-4-16-12-2-3-12/h6-8,12,16-17H,1-5H2. The predicted molar refractivity (Wildman–Crippen MR) is 65.2 cm³/mol. The molecule has 1 saturated carbocycles. The number of halogens is 1. The average molecular weight is 233 g/mol. The summed E-state index contributed by atoms with van der Waals surface area (Å²) < 4.78 is 13.1. The number of nitriles is 1. The number of hydrogen-bond donors (Lipinski definition) is 2. The lowest BCUT2D eigenvalue weighted by Gasteiger charge is -2.07. The molecule has 90 valence electrons. The number of benzene rings is 1. The lowest BCUT2D eigenvalue weighted by molar-refractivity contribution is 0.627. The van der Waals surface area contributed by atoms with Crippen LogP contribution in [-0.4, -0.2) is 19.1 Å². The van der Waals surface area contributed by atoms with E-state index in [1.807, 2.05) is 6.07 Å². The molecule has 0 bridgehead atoms. The second kappa shape index (κ2) is 5.65. The molecule has 0 atom stereocenters. The summed E-state index contributed by atoms with van der Waals surface area (Å²) in [5.74, 6) is -0.373. The Morgan fingerprint density at radius 2 is 2.12 bits per heavy atom. The molecule has 0 aliphatic heterocycles. The van der Waals surface area contributed by atoms with Crippen LogP contribution in [0.5, 0.6) is 0 Å². The van der Waals surface area contributed by atoms with E-state index in [4.69, 9.17) is 5.26 Å². The van der Waals surface area contributed by atoms with Gasteiger partial charge >= 0.3 is 0 Å². The molecule has 3 nitrogen and oxygen atoms in total. The molecule has 0 saturated heterocycles. The third-order valence-corrected chi connectivity index (χ3v) is 2.72. The highest BCUT2D eigenvalue weighted by atomic mass is 19.1. The molecule has 17 heavy (non-hydrogen) atoms. The van der Waals surface area contributed by atoms with Crippen LogP contribution in [0.1, 0.15) is 24.8 Å². The Bertz CT molecular complexity index is 421. The molecule has 1 aromatic rings. The molecular weight excluding hydrogens is 217 g/mol. The number of nitrogens with one attached hydrogen (secondary N) is 2. The minimum Gasteiger partial charge on any atom is -0.385 e. The zero-order chi connectivity index (χ0) is 12.1. The fourth-order valence-electron chi connectivity index (χ4n) is 1.67. The van der Waals surface area contributed by atoms with Gasteiger partial charge in [0.1, 0.15) is 5.82 Å². The van der Waals surface area contributed by atoms with Crippen LogP contribution in [0.4, 0.5) is 10.1 Å². The SMILES string of the molecule is N#Cc1cc(F)cc(NCCCNC2CC2)c1. The van der Waals surface area contributed by atoms with E-state index in [-0.39, 0.29) is 5.82 Å². The molecule has 1 fully saturated rings. The van der Waals surface area contributed by atoms with Gasteiger partial charge < -0.3 is 10.6 Å². The Balaban J connectivity index is 1.73. The summed E-state index contributed by atoms with van der Waals surface area (Å²) in [6, 6.07) is 6.98. The van der Waals surface area contributed by atoms with Gasteiger partial charge in [-0.25, -0.2) is 4.39 Å². The second-order valence-corrected chi connectivity index (χ2v) is 4.35. The minimum atomic E-state index is -0.373. The van der Waals surface area contributed by atoms with Crippen LogP contribution in [0.2, 0.25) is 0 Å². The van der Waals surface area contributed by atoms with Gasteiger partial charge in [0.05, 0.1) is 11.6 Å². The monoisotopic (exact) mass is 233 g/mol. The van der Waals surface area contributed by atoms with Crippen LogP contribution in [0.25, 0.3) is 0 Å². The van der Waals surface area contributed by atoms with Crippen LogP contribution in [0, 0.1) is 17.1 Å². The molecule has 0 radical (unpaired) electrons. The lowest BCUT2D eigenvalue weighted by atomic mass is 10.2. The van der Waals surface area contributed by atoms with Gasteiger partial charge in [-0.15, -0.1) is 0 Å². The highest BCUT2D eigenvalue weighted by molar-refractivity contribution is 5.49. The Morgan fingerprint density at radius 1 is 1.29 bits per heavy atom. The summed E-state index contributed by atoms with van der Waals surface area (Å²) in [4.78, 5) is 0. The Kier molecular flexibility index (Phi) is 3.94. The molecule has 2 rings (SSSR count). The summed E-state index contributed by atoms with van der Waals surface area (Å²) >= 11 is 0. The van der Waals surface area contributed by atoms with Crippen molar-refractivity contribution in [1.82, 2.24) is 5.32 Å². The van der Waals surface area contributed by atoms with E-state index in [2.05, 4.69) is 10.6 Å². The van der Waals surface area contributed by atoms with Gasteiger partial charge in [0.2, 0.25) is 0 Å². The summed E-state index contributed by atoms with van der Waals surface area (Å²) in [7, 11) is 0. The van der Waals surface area contributed by atoms with Crippen molar-refractivity contribution < 1.29 is 4.39 Å². The van der Waals surface area contributed by atoms with Crippen LogP contribution < -0.4 is 10.6 Å². The molecular formula is C13H16FN3. The largest absolute Gasteiger partial charge is 0.385 e. The Hall–Kier alpha value is -1.60. The first-order valence-corrected chi connectivity index (χ1v) is 5.96. The molecule has 0 aromatic heterocycles. The van der Waals surface area contributed by atoms with Gasteiger partial charge in [-0.2, -0.15) is 5.26 Å². The van der Waals surface area contributed by atoms with Crippen molar-refractivity contribution in [1.29, 1.82) is 5.26 Å². The number of hydrogen-bond acceptors (Lipinski definition) is 3. The number of rotatable bonds is 6. The molecule has 0 spiro atoms. The molecule has 0 heterocycles. The van der Waals surface area contributed by atoms with E-state index in [1.165, 1.54) is 25.0 Å². The second-order valence-electron chi connectivity index (χ2n) is 4.35. The van der Waals surface area contributed by atoms with Gasteiger partial charge in [0.15, 0.2) is 0 Å². The molecule has 1 aromatic carbocycles. The highest BCUT2D eigenvalue weighted by Gasteiger charge is 2.19. The first-order valence-electron chi connectivity index (χ1n) is 5.96. The van der Waals surface area contributed by atoms with E-state index in [9.17, 15) is 4.39 Å². The van der Waals surface area contributed by atoms with Crippen LogP contribution in [0.15, 0.2) is 18.2 Å². The van der Waals surface area contributed by atoms with Crippen LogP contribution >= 0.6 is 0 Å². The van der Waals surface area contributed by atoms with Crippen molar-refractivity contribution in [3.05, 3.63) is 29.6 Å². The van der Waals surface area contributed by atoms with Crippen LogP contribution in [-0.2, 0) is 0 Å². The maximum absolute atomic E-state index is 13.1. The first kappa shape index (κ1) is 11.9. The van der Waals surface area contributed by atoms with E-state index < -0.39 is 0 Å². The summed E-state index contributed by atoms with van der Waals surface area (Å²) in [5, 5.41) is 15.2. The maximum Gasteiger partial charge on any atom is 0.126 e. The summed E-state index contributed by atoms with van der Waals surface area (Å²) in [5.41, 5.74) is 1.02.